The zero-order valence-electron chi connectivity index (χ0n) is 9.53. The third-order valence-corrected chi connectivity index (χ3v) is 2.06. The van der Waals surface area contributed by atoms with Crippen LogP contribution >= 0.6 is 0 Å². The number of methoxy groups -OCH3 is 2. The fourth-order valence-corrected chi connectivity index (χ4v) is 1.28. The molecular weight excluding hydrogens is 206 g/mol. The summed E-state index contributed by atoms with van der Waals surface area (Å²) in [6.07, 6.45) is 1.18. The van der Waals surface area contributed by atoms with Gasteiger partial charge in [-0.3, -0.25) is 0 Å². The van der Waals surface area contributed by atoms with E-state index in [0.717, 1.165) is 0 Å². The Hall–Kier alpha value is -1.89. The van der Waals surface area contributed by atoms with Crippen LogP contribution in [0.2, 0.25) is 0 Å². The van der Waals surface area contributed by atoms with E-state index in [1.165, 1.54) is 0 Å². The van der Waals surface area contributed by atoms with Gasteiger partial charge in [-0.25, -0.2) is 0 Å². The fraction of sp³-hybridized carbons (Fsp3) is 0.417. The first-order valence-electron chi connectivity index (χ1n) is 5.04. The number of hydrogen-bond acceptors (Lipinski definition) is 4. The number of para-hydroxylation sites is 1. The second-order valence-electron chi connectivity index (χ2n) is 3.10. The van der Waals surface area contributed by atoms with E-state index in [1.807, 2.05) is 18.2 Å². The summed E-state index contributed by atoms with van der Waals surface area (Å²) in [5, 5.41) is 8.41. The standard InChI is InChI=1S/C12H15NO3/c1-14-10-6-5-7-11(15-2)12(10)16-9-4-3-8-13/h5-7H,3-4,9H2,1-2H3. The highest BCUT2D eigenvalue weighted by Crippen LogP contribution is 2.36. The molecule has 0 aromatic heterocycles. The first kappa shape index (κ1) is 12.2. The predicted molar refractivity (Wildman–Crippen MR) is 59.9 cm³/mol. The van der Waals surface area contributed by atoms with Gasteiger partial charge in [-0.2, -0.15) is 5.26 Å². The SMILES string of the molecule is COc1cccc(OC)c1OCCCC#N. The van der Waals surface area contributed by atoms with E-state index in [1.54, 1.807) is 14.2 Å². The molecule has 0 heterocycles. The minimum atomic E-state index is 0.476. The van der Waals surface area contributed by atoms with E-state index in [4.69, 9.17) is 19.5 Å². The lowest BCUT2D eigenvalue weighted by Crippen LogP contribution is -2.01. The Morgan fingerprint density at radius 1 is 1.19 bits per heavy atom. The normalized spacial score (nSPS) is 9.31. The van der Waals surface area contributed by atoms with Gasteiger partial charge >= 0.3 is 0 Å². The fourth-order valence-electron chi connectivity index (χ4n) is 1.28. The minimum Gasteiger partial charge on any atom is -0.493 e. The molecule has 86 valence electrons. The van der Waals surface area contributed by atoms with Crippen molar-refractivity contribution in [2.45, 2.75) is 12.8 Å². The molecule has 0 unspecified atom stereocenters. The molecule has 1 aromatic rings. The molecule has 0 atom stereocenters. The van der Waals surface area contributed by atoms with Gasteiger partial charge in [0.05, 0.1) is 26.9 Å². The molecule has 0 saturated heterocycles. The third kappa shape index (κ3) is 3.06. The van der Waals surface area contributed by atoms with Crippen LogP contribution in [0.5, 0.6) is 17.2 Å². The summed E-state index contributed by atoms with van der Waals surface area (Å²) in [4.78, 5) is 0. The largest absolute Gasteiger partial charge is 0.493 e. The maximum atomic E-state index is 8.41. The van der Waals surface area contributed by atoms with E-state index in [0.29, 0.717) is 36.7 Å². The van der Waals surface area contributed by atoms with Gasteiger partial charge in [-0.15, -0.1) is 0 Å². The smallest absolute Gasteiger partial charge is 0.203 e. The summed E-state index contributed by atoms with van der Waals surface area (Å²) in [7, 11) is 3.16. The van der Waals surface area contributed by atoms with Gasteiger partial charge in [-0.1, -0.05) is 6.07 Å². The van der Waals surface area contributed by atoms with Crippen molar-refractivity contribution in [1.29, 1.82) is 5.26 Å². The van der Waals surface area contributed by atoms with Crippen LogP contribution < -0.4 is 14.2 Å². The predicted octanol–water partition coefficient (Wildman–Crippen LogP) is 2.39. The van der Waals surface area contributed by atoms with Crippen molar-refractivity contribution in [2.24, 2.45) is 0 Å². The Kier molecular flexibility index (Phi) is 5.00. The second kappa shape index (κ2) is 6.57. The van der Waals surface area contributed by atoms with Crippen LogP contribution in [0, 0.1) is 11.3 Å². The average Bonchev–Trinajstić information content (AvgIpc) is 2.34. The van der Waals surface area contributed by atoms with Crippen molar-refractivity contribution in [3.05, 3.63) is 18.2 Å². The van der Waals surface area contributed by atoms with E-state index in [-0.39, 0.29) is 0 Å². The van der Waals surface area contributed by atoms with E-state index in [2.05, 4.69) is 6.07 Å². The minimum absolute atomic E-state index is 0.476. The van der Waals surface area contributed by atoms with Crippen LogP contribution in [-0.4, -0.2) is 20.8 Å². The highest BCUT2D eigenvalue weighted by Gasteiger charge is 2.10. The third-order valence-electron chi connectivity index (χ3n) is 2.06. The Labute approximate surface area is 95.4 Å². The molecule has 0 aliphatic carbocycles. The number of nitrogens with zero attached hydrogens (tertiary/aromatic N) is 1. The summed E-state index contributed by atoms with van der Waals surface area (Å²) in [6, 6.07) is 7.52. The Balaban J connectivity index is 2.71. The summed E-state index contributed by atoms with van der Waals surface area (Å²) >= 11 is 0. The lowest BCUT2D eigenvalue weighted by atomic mass is 10.3. The van der Waals surface area contributed by atoms with Crippen LogP contribution in [-0.2, 0) is 0 Å². The van der Waals surface area contributed by atoms with Gasteiger partial charge < -0.3 is 14.2 Å². The van der Waals surface area contributed by atoms with Gasteiger partial charge in [0.2, 0.25) is 5.75 Å². The molecule has 1 aromatic carbocycles. The number of unbranched alkanes of at least 4 members (excludes halogenated alkanes) is 1. The highest BCUT2D eigenvalue weighted by molar-refractivity contribution is 5.51. The average molecular weight is 221 g/mol. The van der Waals surface area contributed by atoms with Gasteiger partial charge in [0, 0.05) is 6.42 Å². The molecule has 4 nitrogen and oxygen atoms in total. The first-order chi connectivity index (χ1) is 7.83. The van der Waals surface area contributed by atoms with Crippen molar-refractivity contribution >= 4 is 0 Å². The molecule has 0 spiro atoms. The zero-order chi connectivity index (χ0) is 11.8. The highest BCUT2D eigenvalue weighted by atomic mass is 16.5. The Morgan fingerprint density at radius 3 is 2.31 bits per heavy atom. The van der Waals surface area contributed by atoms with Crippen LogP contribution in [0.4, 0.5) is 0 Å². The molecule has 0 radical (unpaired) electrons. The molecule has 0 saturated carbocycles. The van der Waals surface area contributed by atoms with Crippen molar-refractivity contribution in [2.75, 3.05) is 20.8 Å². The molecule has 1 rings (SSSR count). The lowest BCUT2D eigenvalue weighted by molar-refractivity contribution is 0.272. The van der Waals surface area contributed by atoms with Crippen LogP contribution in [0.25, 0.3) is 0 Å². The maximum absolute atomic E-state index is 8.41. The van der Waals surface area contributed by atoms with Crippen LogP contribution in [0.15, 0.2) is 18.2 Å². The summed E-state index contributed by atoms with van der Waals surface area (Å²) in [5.74, 6) is 1.86. The molecule has 0 aliphatic heterocycles. The number of nitriles is 1. The second-order valence-corrected chi connectivity index (χ2v) is 3.10. The van der Waals surface area contributed by atoms with Crippen molar-refractivity contribution < 1.29 is 14.2 Å². The van der Waals surface area contributed by atoms with E-state index < -0.39 is 0 Å². The molecule has 16 heavy (non-hydrogen) atoms. The molecule has 0 bridgehead atoms. The molecule has 0 amide bonds. The van der Waals surface area contributed by atoms with Gasteiger partial charge in [0.1, 0.15) is 0 Å². The Morgan fingerprint density at radius 2 is 1.81 bits per heavy atom. The monoisotopic (exact) mass is 221 g/mol. The number of benzene rings is 1. The molecule has 0 aliphatic rings. The first-order valence-corrected chi connectivity index (χ1v) is 5.04. The summed E-state index contributed by atoms with van der Waals surface area (Å²) in [6.45, 7) is 0.476. The molecular formula is C12H15NO3. The van der Waals surface area contributed by atoms with Crippen LogP contribution in [0.1, 0.15) is 12.8 Å². The summed E-state index contributed by atoms with van der Waals surface area (Å²) in [5.41, 5.74) is 0. The van der Waals surface area contributed by atoms with Gasteiger partial charge in [-0.05, 0) is 18.6 Å². The lowest BCUT2D eigenvalue weighted by Gasteiger charge is -2.13. The molecule has 0 N–H and O–H groups in total. The van der Waals surface area contributed by atoms with Crippen molar-refractivity contribution in [3.8, 4) is 23.3 Å². The Bertz CT molecular complexity index is 349. The molecule has 4 heteroatoms. The molecule has 0 fully saturated rings. The van der Waals surface area contributed by atoms with E-state index in [9.17, 15) is 0 Å². The van der Waals surface area contributed by atoms with Crippen LogP contribution in [0.3, 0.4) is 0 Å². The maximum Gasteiger partial charge on any atom is 0.203 e. The number of hydrogen-bond donors (Lipinski definition) is 0. The number of ether oxygens (including phenoxy) is 3. The topological polar surface area (TPSA) is 51.5 Å². The van der Waals surface area contributed by atoms with E-state index >= 15 is 0 Å². The summed E-state index contributed by atoms with van der Waals surface area (Å²) < 4.78 is 15.9. The quantitative estimate of drug-likeness (QED) is 0.692. The van der Waals surface area contributed by atoms with Crippen molar-refractivity contribution in [1.82, 2.24) is 0 Å². The van der Waals surface area contributed by atoms with Gasteiger partial charge in [0.25, 0.3) is 0 Å². The van der Waals surface area contributed by atoms with Gasteiger partial charge in [0.15, 0.2) is 11.5 Å². The van der Waals surface area contributed by atoms with Crippen molar-refractivity contribution in [3.63, 3.8) is 0 Å². The zero-order valence-corrected chi connectivity index (χ0v) is 9.53. The number of rotatable bonds is 6.